The Bertz CT molecular complexity index is 244. The number of ether oxygens (including phenoxy) is 1. The lowest BCUT2D eigenvalue weighted by atomic mass is 9.95. The quantitative estimate of drug-likeness (QED) is 0.207. The van der Waals surface area contributed by atoms with Crippen LogP contribution in [0.2, 0.25) is 0 Å². The van der Waals surface area contributed by atoms with E-state index in [1.165, 1.54) is 77.0 Å². The fraction of sp³-hybridized carbons (Fsp3) is 0.947. The molecule has 0 rings (SSSR count). The summed E-state index contributed by atoms with van der Waals surface area (Å²) in [6.07, 6.45) is 16.1. The average molecular weight is 331 g/mol. The Kier molecular flexibility index (Phi) is 17.0. The van der Waals surface area contributed by atoms with Gasteiger partial charge in [-0.2, -0.15) is 12.6 Å². The standard InChI is InChI=1S/C19H38O2S/c1-3-5-7-9-10-12-14-18(13-11-8-6-4-2)17-21-19(20)15-16-22/h18,22H,3-17H2,1-2H3. The molecule has 0 aromatic heterocycles. The first-order valence-corrected chi connectivity index (χ1v) is 10.1. The molecule has 22 heavy (non-hydrogen) atoms. The molecule has 0 N–H and O–H groups in total. The Hall–Kier alpha value is -0.180. The number of unbranched alkanes of at least 4 members (excludes halogenated alkanes) is 8. The van der Waals surface area contributed by atoms with Crippen molar-refractivity contribution < 1.29 is 9.53 Å². The molecule has 0 spiro atoms. The highest BCUT2D eigenvalue weighted by Gasteiger charge is 2.11. The van der Waals surface area contributed by atoms with Gasteiger partial charge in [0.05, 0.1) is 13.0 Å². The minimum atomic E-state index is -0.0866. The fourth-order valence-electron chi connectivity index (χ4n) is 2.76. The van der Waals surface area contributed by atoms with Crippen LogP contribution >= 0.6 is 12.6 Å². The van der Waals surface area contributed by atoms with Gasteiger partial charge in [0.25, 0.3) is 0 Å². The number of carbonyl (C=O) groups excluding carboxylic acids is 1. The molecule has 132 valence electrons. The molecule has 0 fully saturated rings. The molecule has 0 heterocycles. The van der Waals surface area contributed by atoms with Gasteiger partial charge in [-0.3, -0.25) is 4.79 Å². The lowest BCUT2D eigenvalue weighted by Gasteiger charge is -2.17. The van der Waals surface area contributed by atoms with E-state index in [2.05, 4.69) is 26.5 Å². The molecule has 0 aliphatic heterocycles. The lowest BCUT2D eigenvalue weighted by Crippen LogP contribution is -2.15. The van der Waals surface area contributed by atoms with Crippen molar-refractivity contribution in [3.63, 3.8) is 0 Å². The van der Waals surface area contributed by atoms with Crippen LogP contribution in [-0.2, 0) is 9.53 Å². The molecule has 0 radical (unpaired) electrons. The molecule has 0 saturated carbocycles. The molecule has 0 aromatic rings. The summed E-state index contributed by atoms with van der Waals surface area (Å²) in [5.74, 6) is 1.06. The van der Waals surface area contributed by atoms with Gasteiger partial charge in [0, 0.05) is 5.75 Å². The Morgan fingerprint density at radius 2 is 1.36 bits per heavy atom. The smallest absolute Gasteiger partial charge is 0.306 e. The van der Waals surface area contributed by atoms with Gasteiger partial charge < -0.3 is 4.74 Å². The highest BCUT2D eigenvalue weighted by Crippen LogP contribution is 2.19. The number of hydrogen-bond acceptors (Lipinski definition) is 3. The van der Waals surface area contributed by atoms with Gasteiger partial charge >= 0.3 is 5.97 Å². The zero-order valence-electron chi connectivity index (χ0n) is 14.9. The van der Waals surface area contributed by atoms with E-state index in [4.69, 9.17) is 4.74 Å². The van der Waals surface area contributed by atoms with Crippen LogP contribution in [-0.4, -0.2) is 18.3 Å². The van der Waals surface area contributed by atoms with Crippen molar-refractivity contribution in [2.24, 2.45) is 5.92 Å². The van der Waals surface area contributed by atoms with Crippen LogP contribution in [0.1, 0.15) is 97.3 Å². The molecular weight excluding hydrogens is 292 g/mol. The summed E-state index contributed by atoms with van der Waals surface area (Å²) in [6.45, 7) is 5.12. The molecule has 0 aliphatic carbocycles. The molecular formula is C19H38O2S. The SMILES string of the molecule is CCCCCCCCC(CCCCCC)COC(=O)CCS. The van der Waals surface area contributed by atoms with Crippen molar-refractivity contribution in [1.29, 1.82) is 0 Å². The van der Waals surface area contributed by atoms with Crippen molar-refractivity contribution in [2.45, 2.75) is 97.3 Å². The monoisotopic (exact) mass is 330 g/mol. The summed E-state index contributed by atoms with van der Waals surface area (Å²) in [6, 6.07) is 0. The van der Waals surface area contributed by atoms with E-state index >= 15 is 0 Å². The van der Waals surface area contributed by atoms with E-state index in [0.29, 0.717) is 24.7 Å². The van der Waals surface area contributed by atoms with Gasteiger partial charge in [0.2, 0.25) is 0 Å². The second-order valence-corrected chi connectivity index (χ2v) is 6.88. The number of carbonyl (C=O) groups is 1. The summed E-state index contributed by atoms with van der Waals surface area (Å²) in [4.78, 5) is 11.5. The maximum absolute atomic E-state index is 11.5. The third-order valence-corrected chi connectivity index (χ3v) is 4.45. The maximum Gasteiger partial charge on any atom is 0.306 e. The zero-order chi connectivity index (χ0) is 16.5. The van der Waals surface area contributed by atoms with Crippen molar-refractivity contribution in [3.05, 3.63) is 0 Å². The number of rotatable bonds is 16. The molecule has 0 aromatic carbocycles. The maximum atomic E-state index is 11.5. The summed E-state index contributed by atoms with van der Waals surface area (Å²) in [5.41, 5.74) is 0. The number of thiol groups is 1. The van der Waals surface area contributed by atoms with E-state index in [-0.39, 0.29) is 5.97 Å². The predicted molar refractivity (Wildman–Crippen MR) is 99.7 cm³/mol. The highest BCUT2D eigenvalue weighted by molar-refractivity contribution is 7.80. The zero-order valence-corrected chi connectivity index (χ0v) is 15.8. The van der Waals surface area contributed by atoms with Crippen LogP contribution in [0.3, 0.4) is 0 Å². The third kappa shape index (κ3) is 14.7. The summed E-state index contributed by atoms with van der Waals surface area (Å²) in [7, 11) is 0. The fourth-order valence-corrected chi connectivity index (χ4v) is 2.94. The van der Waals surface area contributed by atoms with Gasteiger partial charge in [0.1, 0.15) is 0 Å². The number of hydrogen-bond donors (Lipinski definition) is 1. The van der Waals surface area contributed by atoms with Crippen molar-refractivity contribution in [2.75, 3.05) is 12.4 Å². The third-order valence-electron chi connectivity index (χ3n) is 4.23. The second-order valence-electron chi connectivity index (χ2n) is 6.43. The Morgan fingerprint density at radius 1 is 0.864 bits per heavy atom. The molecule has 1 unspecified atom stereocenters. The molecule has 0 saturated heterocycles. The summed E-state index contributed by atoms with van der Waals surface area (Å²) >= 11 is 4.08. The van der Waals surface area contributed by atoms with Gasteiger partial charge in [-0.15, -0.1) is 0 Å². The van der Waals surface area contributed by atoms with Gasteiger partial charge in [-0.1, -0.05) is 78.1 Å². The minimum absolute atomic E-state index is 0.0866. The normalized spacial score (nSPS) is 12.3. The van der Waals surface area contributed by atoms with Crippen molar-refractivity contribution >= 4 is 18.6 Å². The van der Waals surface area contributed by atoms with E-state index in [1.54, 1.807) is 0 Å². The number of esters is 1. The average Bonchev–Trinajstić information content (AvgIpc) is 2.51. The summed E-state index contributed by atoms with van der Waals surface area (Å²) in [5, 5.41) is 0. The van der Waals surface area contributed by atoms with Crippen molar-refractivity contribution in [1.82, 2.24) is 0 Å². The highest BCUT2D eigenvalue weighted by atomic mass is 32.1. The van der Waals surface area contributed by atoms with Crippen LogP contribution in [0.4, 0.5) is 0 Å². The molecule has 3 heteroatoms. The van der Waals surface area contributed by atoms with Crippen LogP contribution < -0.4 is 0 Å². The van der Waals surface area contributed by atoms with E-state index < -0.39 is 0 Å². The van der Waals surface area contributed by atoms with Crippen molar-refractivity contribution in [3.8, 4) is 0 Å². The largest absolute Gasteiger partial charge is 0.465 e. The van der Waals surface area contributed by atoms with E-state index in [1.807, 2.05) is 0 Å². The van der Waals surface area contributed by atoms with E-state index in [9.17, 15) is 4.79 Å². The Morgan fingerprint density at radius 3 is 1.91 bits per heavy atom. The summed E-state index contributed by atoms with van der Waals surface area (Å²) < 4.78 is 5.41. The molecule has 1 atom stereocenters. The van der Waals surface area contributed by atoms with Crippen LogP contribution in [0.15, 0.2) is 0 Å². The Balaban J connectivity index is 3.86. The lowest BCUT2D eigenvalue weighted by molar-refractivity contribution is -0.144. The molecule has 2 nitrogen and oxygen atoms in total. The minimum Gasteiger partial charge on any atom is -0.465 e. The van der Waals surface area contributed by atoms with Gasteiger partial charge in [0.15, 0.2) is 0 Å². The van der Waals surface area contributed by atoms with Gasteiger partial charge in [-0.05, 0) is 18.8 Å². The molecule has 0 amide bonds. The predicted octanol–water partition coefficient (Wildman–Crippen LogP) is 6.19. The Labute approximate surface area is 144 Å². The molecule has 0 bridgehead atoms. The van der Waals surface area contributed by atoms with Crippen LogP contribution in [0.25, 0.3) is 0 Å². The second kappa shape index (κ2) is 17.2. The topological polar surface area (TPSA) is 26.3 Å². The van der Waals surface area contributed by atoms with Gasteiger partial charge in [-0.25, -0.2) is 0 Å². The van der Waals surface area contributed by atoms with Crippen LogP contribution in [0, 0.1) is 5.92 Å². The first-order valence-electron chi connectivity index (χ1n) is 9.51. The van der Waals surface area contributed by atoms with E-state index in [0.717, 1.165) is 0 Å². The molecule has 0 aliphatic rings. The first kappa shape index (κ1) is 21.8. The van der Waals surface area contributed by atoms with Crippen LogP contribution in [0.5, 0.6) is 0 Å². The first-order chi connectivity index (χ1) is 10.7.